The van der Waals surface area contributed by atoms with Gasteiger partial charge in [0.1, 0.15) is 17.0 Å². The van der Waals surface area contributed by atoms with Crippen LogP contribution in [0.1, 0.15) is 25.7 Å². The quantitative estimate of drug-likeness (QED) is 0.270. The molecular formula is C29H33Cl2N5O5. The van der Waals surface area contributed by atoms with E-state index in [0.717, 1.165) is 31.3 Å². The van der Waals surface area contributed by atoms with Crippen molar-refractivity contribution in [3.8, 4) is 22.8 Å². The summed E-state index contributed by atoms with van der Waals surface area (Å²) in [6, 6.07) is 3.34. The number of carbonyl (C=O) groups is 1. The van der Waals surface area contributed by atoms with Crippen LogP contribution in [0.5, 0.6) is 11.5 Å². The van der Waals surface area contributed by atoms with Gasteiger partial charge in [-0.1, -0.05) is 29.8 Å². The van der Waals surface area contributed by atoms with E-state index in [4.69, 9.17) is 52.1 Å². The molecule has 3 atom stereocenters. The molecule has 218 valence electrons. The van der Waals surface area contributed by atoms with Gasteiger partial charge in [-0.15, -0.1) is 0 Å². The number of rotatable bonds is 11. The first-order valence-corrected chi connectivity index (χ1v) is 14.3. The van der Waals surface area contributed by atoms with Crippen molar-refractivity contribution in [2.45, 2.75) is 37.8 Å². The standard InChI is InChI=1S/C29H33Cl2N5O5/c1-4-18(37)10-16-7-9-40-15-21(16)35-29-33-13-17-11-20(24-25(30)22(38-2)12-23(39-3)26(24)31)34-28(27(17)36-29)32-14-19-6-5-8-41-19/h4,11-13,16,19,21H,1,5-10,14-15H2,2-3H3,(H,32,34)(H,33,35,36)/t16-,19?,21-/m1/s1. The van der Waals surface area contributed by atoms with E-state index in [1.807, 2.05) is 6.07 Å². The van der Waals surface area contributed by atoms with E-state index < -0.39 is 0 Å². The smallest absolute Gasteiger partial charge is 0.223 e. The van der Waals surface area contributed by atoms with Crippen LogP contribution in [0.15, 0.2) is 31.0 Å². The summed E-state index contributed by atoms with van der Waals surface area (Å²) < 4.78 is 22.4. The second kappa shape index (κ2) is 13.2. The van der Waals surface area contributed by atoms with Crippen molar-refractivity contribution in [3.05, 3.63) is 41.0 Å². The van der Waals surface area contributed by atoms with E-state index in [-0.39, 0.29) is 23.8 Å². The van der Waals surface area contributed by atoms with E-state index in [9.17, 15) is 4.79 Å². The molecule has 0 radical (unpaired) electrons. The molecule has 2 aliphatic heterocycles. The van der Waals surface area contributed by atoms with Crippen LogP contribution in [0, 0.1) is 5.92 Å². The number of aromatic nitrogens is 3. The molecule has 12 heteroatoms. The van der Waals surface area contributed by atoms with Gasteiger partial charge in [0.25, 0.3) is 0 Å². The summed E-state index contributed by atoms with van der Waals surface area (Å²) in [6.45, 7) is 5.96. The van der Waals surface area contributed by atoms with Gasteiger partial charge in [-0.05, 0) is 37.3 Å². The molecule has 0 aliphatic carbocycles. The van der Waals surface area contributed by atoms with Crippen molar-refractivity contribution in [3.63, 3.8) is 0 Å². The number of halogens is 2. The van der Waals surface area contributed by atoms with Gasteiger partial charge in [0.2, 0.25) is 5.95 Å². The molecule has 2 aliphatic rings. The van der Waals surface area contributed by atoms with E-state index >= 15 is 0 Å². The minimum absolute atomic E-state index is 0.00646. The minimum Gasteiger partial charge on any atom is -0.495 e. The van der Waals surface area contributed by atoms with Crippen LogP contribution in [0.25, 0.3) is 22.2 Å². The number of methoxy groups -OCH3 is 2. The van der Waals surface area contributed by atoms with Crippen molar-refractivity contribution in [1.29, 1.82) is 0 Å². The van der Waals surface area contributed by atoms with Crippen LogP contribution >= 0.6 is 23.2 Å². The highest BCUT2D eigenvalue weighted by Gasteiger charge is 2.28. The highest BCUT2D eigenvalue weighted by Crippen LogP contribution is 2.46. The third kappa shape index (κ3) is 6.51. The first-order valence-electron chi connectivity index (χ1n) is 13.5. The summed E-state index contributed by atoms with van der Waals surface area (Å²) in [5.41, 5.74) is 1.59. The molecule has 4 heterocycles. The van der Waals surface area contributed by atoms with E-state index in [1.54, 1.807) is 12.3 Å². The average molecular weight is 603 g/mol. The topological polar surface area (TPSA) is 117 Å². The van der Waals surface area contributed by atoms with Gasteiger partial charge in [-0.3, -0.25) is 4.79 Å². The molecule has 5 rings (SSSR count). The Kier molecular flexibility index (Phi) is 9.44. The number of anilines is 2. The molecule has 2 saturated heterocycles. The Morgan fingerprint density at radius 3 is 2.61 bits per heavy atom. The maximum absolute atomic E-state index is 12.1. The molecule has 2 aromatic heterocycles. The first kappa shape index (κ1) is 29.3. The summed E-state index contributed by atoms with van der Waals surface area (Å²) in [4.78, 5) is 26.4. The number of ether oxygens (including phenoxy) is 4. The molecule has 1 aromatic carbocycles. The van der Waals surface area contributed by atoms with E-state index in [2.05, 4.69) is 22.2 Å². The Balaban J connectivity index is 1.54. The second-order valence-electron chi connectivity index (χ2n) is 10.0. The largest absolute Gasteiger partial charge is 0.495 e. The van der Waals surface area contributed by atoms with Crippen molar-refractivity contribution in [2.75, 3.05) is 51.2 Å². The zero-order chi connectivity index (χ0) is 28.9. The molecule has 3 aromatic rings. The maximum Gasteiger partial charge on any atom is 0.223 e. The predicted molar refractivity (Wildman–Crippen MR) is 160 cm³/mol. The summed E-state index contributed by atoms with van der Waals surface area (Å²) in [5, 5.41) is 8.16. The minimum atomic E-state index is -0.123. The monoisotopic (exact) mass is 601 g/mol. The second-order valence-corrected chi connectivity index (χ2v) is 10.8. The highest BCUT2D eigenvalue weighted by molar-refractivity contribution is 6.41. The molecule has 0 amide bonds. The first-order chi connectivity index (χ1) is 19.9. The van der Waals surface area contributed by atoms with Crippen molar-refractivity contribution in [1.82, 2.24) is 15.0 Å². The van der Waals surface area contributed by atoms with Crippen molar-refractivity contribution < 1.29 is 23.7 Å². The Morgan fingerprint density at radius 2 is 1.93 bits per heavy atom. The van der Waals surface area contributed by atoms with E-state index in [0.29, 0.717) is 76.3 Å². The zero-order valence-electron chi connectivity index (χ0n) is 23.0. The lowest BCUT2D eigenvalue weighted by molar-refractivity contribution is -0.116. The van der Waals surface area contributed by atoms with Crippen LogP contribution < -0.4 is 20.1 Å². The van der Waals surface area contributed by atoms with Crippen LogP contribution in [0.2, 0.25) is 10.0 Å². The number of pyridine rings is 1. The number of benzene rings is 1. The summed E-state index contributed by atoms with van der Waals surface area (Å²) in [6.07, 6.45) is 6.29. The van der Waals surface area contributed by atoms with Crippen molar-refractivity contribution >= 4 is 51.7 Å². The average Bonchev–Trinajstić information content (AvgIpc) is 3.51. The predicted octanol–water partition coefficient (Wildman–Crippen LogP) is 5.57. The number of carbonyl (C=O) groups excluding carboxylic acids is 1. The lowest BCUT2D eigenvalue weighted by Crippen LogP contribution is -2.40. The Labute approximate surface area is 248 Å². The molecule has 0 spiro atoms. The normalized spacial score (nSPS) is 20.5. The van der Waals surface area contributed by atoms with Crippen LogP contribution in [-0.4, -0.2) is 73.5 Å². The molecule has 41 heavy (non-hydrogen) atoms. The zero-order valence-corrected chi connectivity index (χ0v) is 24.6. The van der Waals surface area contributed by atoms with Gasteiger partial charge in [0.05, 0.1) is 48.7 Å². The number of fused-ring (bicyclic) bond motifs is 1. The molecule has 1 unspecified atom stereocenters. The number of nitrogens with one attached hydrogen (secondary N) is 2. The number of hydrogen-bond donors (Lipinski definition) is 2. The Hall–Kier alpha value is -3.18. The number of allylic oxidation sites excluding steroid dienone is 1. The molecular weight excluding hydrogens is 569 g/mol. The lowest BCUT2D eigenvalue weighted by Gasteiger charge is -2.31. The summed E-state index contributed by atoms with van der Waals surface area (Å²) in [7, 11) is 3.05. The van der Waals surface area contributed by atoms with E-state index in [1.165, 1.54) is 20.3 Å². The maximum atomic E-state index is 12.1. The van der Waals surface area contributed by atoms with Gasteiger partial charge in [-0.2, -0.15) is 0 Å². The SMILES string of the molecule is C=CC(=O)C[C@H]1CCOC[C@H]1Nc1ncc2cc(-c3c(Cl)c(OC)cc(OC)c3Cl)nc(NCC3CCCO3)c2n1. The summed E-state index contributed by atoms with van der Waals surface area (Å²) in [5.74, 6) is 1.86. The van der Waals surface area contributed by atoms with Gasteiger partial charge in [-0.25, -0.2) is 15.0 Å². The van der Waals surface area contributed by atoms with Gasteiger partial charge < -0.3 is 29.6 Å². The van der Waals surface area contributed by atoms with Crippen molar-refractivity contribution in [2.24, 2.45) is 5.92 Å². The molecule has 0 bridgehead atoms. The number of nitrogens with zero attached hydrogens (tertiary/aromatic N) is 3. The van der Waals surface area contributed by atoms with Gasteiger partial charge >= 0.3 is 0 Å². The highest BCUT2D eigenvalue weighted by atomic mass is 35.5. The number of ketones is 1. The number of hydrogen-bond acceptors (Lipinski definition) is 10. The van der Waals surface area contributed by atoms with Crippen LogP contribution in [0.3, 0.4) is 0 Å². The third-order valence-electron chi connectivity index (χ3n) is 7.42. The van der Waals surface area contributed by atoms with Gasteiger partial charge in [0, 0.05) is 49.4 Å². The fourth-order valence-corrected chi connectivity index (χ4v) is 5.87. The van der Waals surface area contributed by atoms with Gasteiger partial charge in [0.15, 0.2) is 11.6 Å². The molecule has 2 N–H and O–H groups in total. The Bertz CT molecular complexity index is 1400. The summed E-state index contributed by atoms with van der Waals surface area (Å²) >= 11 is 13.5. The van der Waals surface area contributed by atoms with Crippen LogP contribution in [0.4, 0.5) is 11.8 Å². The Morgan fingerprint density at radius 1 is 1.15 bits per heavy atom. The third-order valence-corrected chi connectivity index (χ3v) is 8.17. The fourth-order valence-electron chi connectivity index (χ4n) is 5.18. The molecule has 2 fully saturated rings. The molecule has 10 nitrogen and oxygen atoms in total. The fraction of sp³-hybridized carbons (Fsp3) is 0.448. The molecule has 0 saturated carbocycles. The lowest BCUT2D eigenvalue weighted by atomic mass is 9.90. The van der Waals surface area contributed by atoms with Crippen LogP contribution in [-0.2, 0) is 14.3 Å².